The number of amides is 1. The van der Waals surface area contributed by atoms with E-state index in [9.17, 15) is 4.79 Å². The van der Waals surface area contributed by atoms with Crippen LogP contribution in [0.5, 0.6) is 0 Å². The van der Waals surface area contributed by atoms with Gasteiger partial charge in [-0.3, -0.25) is 10.1 Å². The average molecular weight is 393 g/mol. The highest BCUT2D eigenvalue weighted by molar-refractivity contribution is 7.22. The maximum atomic E-state index is 12.6. The molecule has 0 atom stereocenters. The second-order valence-corrected chi connectivity index (χ2v) is 7.37. The van der Waals surface area contributed by atoms with Gasteiger partial charge in [0.05, 0.1) is 22.0 Å². The number of nitrogens with one attached hydrogen (secondary N) is 2. The molecular formula is C17H21ClN6OS. The van der Waals surface area contributed by atoms with Crippen molar-refractivity contribution in [3.8, 4) is 0 Å². The molecule has 1 saturated heterocycles. The minimum Gasteiger partial charge on any atom is -0.317 e. The third kappa shape index (κ3) is 3.44. The Hall–Kier alpha value is -2.03. The van der Waals surface area contributed by atoms with Crippen molar-refractivity contribution in [2.75, 3.05) is 18.4 Å². The zero-order valence-electron chi connectivity index (χ0n) is 14.7. The van der Waals surface area contributed by atoms with Crippen LogP contribution in [0.3, 0.4) is 0 Å². The first kappa shape index (κ1) is 18.8. The molecular weight excluding hydrogens is 372 g/mol. The van der Waals surface area contributed by atoms with Crippen molar-refractivity contribution < 1.29 is 4.79 Å². The van der Waals surface area contributed by atoms with Crippen molar-refractivity contribution in [2.45, 2.75) is 32.7 Å². The van der Waals surface area contributed by atoms with Crippen LogP contribution in [-0.2, 0) is 0 Å². The highest BCUT2D eigenvalue weighted by Gasteiger charge is 2.23. The lowest BCUT2D eigenvalue weighted by atomic mass is 10.1. The molecule has 138 valence electrons. The van der Waals surface area contributed by atoms with E-state index in [1.807, 2.05) is 36.7 Å². The Morgan fingerprint density at radius 2 is 2.08 bits per heavy atom. The molecule has 0 radical (unpaired) electrons. The lowest BCUT2D eigenvalue weighted by molar-refractivity contribution is 0.102. The molecule has 0 saturated carbocycles. The van der Waals surface area contributed by atoms with Crippen molar-refractivity contribution in [3.63, 3.8) is 0 Å². The second kappa shape index (κ2) is 7.69. The summed E-state index contributed by atoms with van der Waals surface area (Å²) < 4.78 is 2.95. The number of anilines is 1. The van der Waals surface area contributed by atoms with Crippen molar-refractivity contribution in [2.24, 2.45) is 0 Å². The van der Waals surface area contributed by atoms with E-state index in [4.69, 9.17) is 0 Å². The van der Waals surface area contributed by atoms with Gasteiger partial charge in [0.1, 0.15) is 0 Å². The number of para-hydroxylation sites is 1. The van der Waals surface area contributed by atoms with Crippen molar-refractivity contribution >= 4 is 45.0 Å². The number of thiazole rings is 1. The monoisotopic (exact) mass is 392 g/mol. The molecule has 2 aromatic heterocycles. The normalized spacial score (nSPS) is 15.0. The van der Waals surface area contributed by atoms with E-state index in [2.05, 4.69) is 25.9 Å². The summed E-state index contributed by atoms with van der Waals surface area (Å²) >= 11 is 1.47. The Labute approximate surface area is 161 Å². The van der Waals surface area contributed by atoms with Gasteiger partial charge in [-0.2, -0.15) is 0 Å². The summed E-state index contributed by atoms with van der Waals surface area (Å²) in [6.07, 6.45) is 2.00. The summed E-state index contributed by atoms with van der Waals surface area (Å²) in [5.74, 6) is -0.255. The maximum absolute atomic E-state index is 12.6. The lowest BCUT2D eigenvalue weighted by Gasteiger charge is -2.23. The van der Waals surface area contributed by atoms with Crippen LogP contribution in [0, 0.1) is 13.8 Å². The van der Waals surface area contributed by atoms with Crippen LogP contribution in [0.1, 0.15) is 40.6 Å². The molecule has 0 unspecified atom stereocenters. The topological polar surface area (TPSA) is 84.7 Å². The number of benzene rings is 1. The van der Waals surface area contributed by atoms with Crippen LogP contribution in [-0.4, -0.2) is 39.0 Å². The van der Waals surface area contributed by atoms with E-state index in [-0.39, 0.29) is 18.3 Å². The van der Waals surface area contributed by atoms with Crippen molar-refractivity contribution in [1.29, 1.82) is 0 Å². The molecule has 1 aliphatic heterocycles. The predicted octanol–water partition coefficient (Wildman–Crippen LogP) is 3.10. The molecule has 7 nitrogen and oxygen atoms in total. The zero-order valence-corrected chi connectivity index (χ0v) is 16.3. The minimum absolute atomic E-state index is 0. The summed E-state index contributed by atoms with van der Waals surface area (Å²) in [6, 6.07) is 6.33. The lowest BCUT2D eigenvalue weighted by Crippen LogP contribution is -2.30. The number of hydrogen-bond acceptors (Lipinski definition) is 6. The van der Waals surface area contributed by atoms with Crippen LogP contribution in [0.4, 0.5) is 5.13 Å². The van der Waals surface area contributed by atoms with Crippen LogP contribution >= 0.6 is 23.7 Å². The Morgan fingerprint density at radius 3 is 2.81 bits per heavy atom. The summed E-state index contributed by atoms with van der Waals surface area (Å²) in [7, 11) is 0. The Balaban J connectivity index is 0.00000196. The molecule has 9 heteroatoms. The number of aryl methyl sites for hydroxylation is 1. The molecule has 1 aliphatic rings. The molecule has 0 spiro atoms. The third-order valence-corrected chi connectivity index (χ3v) is 5.57. The Morgan fingerprint density at radius 1 is 1.31 bits per heavy atom. The van der Waals surface area contributed by atoms with E-state index in [1.54, 1.807) is 0 Å². The average Bonchev–Trinajstić information content (AvgIpc) is 3.20. The highest BCUT2D eigenvalue weighted by atomic mass is 35.5. The summed E-state index contributed by atoms with van der Waals surface area (Å²) in [4.78, 5) is 17.1. The molecule has 1 aromatic carbocycles. The van der Waals surface area contributed by atoms with Gasteiger partial charge in [-0.05, 0) is 51.4 Å². The first-order valence-electron chi connectivity index (χ1n) is 8.43. The van der Waals surface area contributed by atoms with Crippen LogP contribution in [0.15, 0.2) is 18.2 Å². The standard InChI is InChI=1S/C17H20N6OS.ClH/c1-10-4-3-5-13-14(10)19-17(25-13)20-16(24)15-11(2)23(22-21-15)12-6-8-18-9-7-12;/h3-5,12,18H,6-9H2,1-2H3,(H,19,20,24);1H. The number of hydrogen-bond donors (Lipinski definition) is 2. The minimum atomic E-state index is -0.255. The number of carbonyl (C=O) groups is 1. The molecule has 2 N–H and O–H groups in total. The third-order valence-electron chi connectivity index (χ3n) is 4.64. The van der Waals surface area contributed by atoms with E-state index >= 15 is 0 Å². The number of halogens is 1. The fourth-order valence-electron chi connectivity index (χ4n) is 3.24. The number of rotatable bonds is 3. The van der Waals surface area contributed by atoms with E-state index in [0.29, 0.717) is 16.9 Å². The zero-order chi connectivity index (χ0) is 17.4. The number of piperidine rings is 1. The summed E-state index contributed by atoms with van der Waals surface area (Å²) in [6.45, 7) is 5.86. The smallest absolute Gasteiger partial charge is 0.279 e. The van der Waals surface area contributed by atoms with Gasteiger partial charge in [0.15, 0.2) is 10.8 Å². The number of aromatic nitrogens is 4. The second-order valence-electron chi connectivity index (χ2n) is 6.34. The highest BCUT2D eigenvalue weighted by Crippen LogP contribution is 2.28. The molecule has 1 amide bonds. The Kier molecular flexibility index (Phi) is 5.55. The van der Waals surface area contributed by atoms with E-state index in [0.717, 1.165) is 47.4 Å². The van der Waals surface area contributed by atoms with Crippen molar-refractivity contribution in [1.82, 2.24) is 25.3 Å². The molecule has 1 fully saturated rings. The van der Waals surface area contributed by atoms with E-state index in [1.165, 1.54) is 11.3 Å². The maximum Gasteiger partial charge on any atom is 0.279 e. The fourth-order valence-corrected chi connectivity index (χ4v) is 4.18. The molecule has 3 aromatic rings. The molecule has 0 bridgehead atoms. The van der Waals surface area contributed by atoms with Gasteiger partial charge in [0, 0.05) is 0 Å². The summed E-state index contributed by atoms with van der Waals surface area (Å²) in [5.41, 5.74) is 3.20. The van der Waals surface area contributed by atoms with Gasteiger partial charge in [0.2, 0.25) is 0 Å². The Bertz CT molecular complexity index is 931. The first-order chi connectivity index (χ1) is 12.1. The van der Waals surface area contributed by atoms with Gasteiger partial charge >= 0.3 is 0 Å². The van der Waals surface area contributed by atoms with Crippen LogP contribution < -0.4 is 10.6 Å². The molecule has 0 aliphatic carbocycles. The fraction of sp³-hybridized carbons (Fsp3) is 0.412. The number of carbonyl (C=O) groups excluding carboxylic acids is 1. The van der Waals surface area contributed by atoms with Crippen LogP contribution in [0.25, 0.3) is 10.2 Å². The van der Waals surface area contributed by atoms with E-state index < -0.39 is 0 Å². The van der Waals surface area contributed by atoms with Gasteiger partial charge in [-0.15, -0.1) is 17.5 Å². The quantitative estimate of drug-likeness (QED) is 0.715. The largest absolute Gasteiger partial charge is 0.317 e. The molecule has 3 heterocycles. The van der Waals surface area contributed by atoms with Gasteiger partial charge < -0.3 is 5.32 Å². The van der Waals surface area contributed by atoms with Gasteiger partial charge in [0.25, 0.3) is 5.91 Å². The van der Waals surface area contributed by atoms with Crippen LogP contribution in [0.2, 0.25) is 0 Å². The SMILES string of the molecule is Cc1cccc2sc(NC(=O)c3nnn(C4CCNCC4)c3C)nc12.Cl. The van der Waals surface area contributed by atoms with Gasteiger partial charge in [-0.1, -0.05) is 28.7 Å². The molecule has 26 heavy (non-hydrogen) atoms. The number of fused-ring (bicyclic) bond motifs is 1. The predicted molar refractivity (Wildman–Crippen MR) is 105 cm³/mol. The summed E-state index contributed by atoms with van der Waals surface area (Å²) in [5, 5.41) is 15.1. The number of nitrogens with zero attached hydrogens (tertiary/aromatic N) is 4. The first-order valence-corrected chi connectivity index (χ1v) is 9.25. The van der Waals surface area contributed by atoms with Gasteiger partial charge in [-0.25, -0.2) is 9.67 Å². The molecule has 4 rings (SSSR count). The van der Waals surface area contributed by atoms with Crippen molar-refractivity contribution in [3.05, 3.63) is 35.2 Å².